The molecular weight excluding hydrogens is 258 g/mol. The summed E-state index contributed by atoms with van der Waals surface area (Å²) in [4.78, 5) is 8.97. The Balaban J connectivity index is 2.66. The molecule has 1 aromatic heterocycles. The Kier molecular flexibility index (Phi) is 7.59. The van der Waals surface area contributed by atoms with Gasteiger partial charge in [-0.2, -0.15) is 11.8 Å². The third kappa shape index (κ3) is 5.24. The van der Waals surface area contributed by atoms with Crippen LogP contribution in [0.1, 0.15) is 37.6 Å². The predicted molar refractivity (Wildman–Crippen MR) is 84.7 cm³/mol. The van der Waals surface area contributed by atoms with E-state index in [9.17, 15) is 0 Å². The van der Waals surface area contributed by atoms with Gasteiger partial charge in [0.05, 0.1) is 0 Å². The summed E-state index contributed by atoms with van der Waals surface area (Å²) in [5.41, 5.74) is 3.63. The summed E-state index contributed by atoms with van der Waals surface area (Å²) in [7, 11) is 0. The van der Waals surface area contributed by atoms with E-state index in [-0.39, 0.29) is 0 Å². The van der Waals surface area contributed by atoms with Crippen LogP contribution in [0.3, 0.4) is 0 Å². The van der Waals surface area contributed by atoms with Gasteiger partial charge in [-0.3, -0.25) is 0 Å². The number of nitrogens with one attached hydrogen (secondary N) is 2. The first-order chi connectivity index (χ1) is 9.22. The molecule has 108 valence electrons. The largest absolute Gasteiger partial charge is 0.370 e. The molecule has 1 heterocycles. The number of hydrogen-bond acceptors (Lipinski definition) is 6. The molecule has 4 N–H and O–H groups in total. The normalized spacial score (nSPS) is 10.5. The van der Waals surface area contributed by atoms with Crippen molar-refractivity contribution in [1.29, 1.82) is 0 Å². The van der Waals surface area contributed by atoms with E-state index in [1.54, 1.807) is 0 Å². The highest BCUT2D eigenvalue weighted by Gasteiger charge is 2.09. The van der Waals surface area contributed by atoms with Gasteiger partial charge in [-0.15, -0.1) is 0 Å². The van der Waals surface area contributed by atoms with Crippen LogP contribution in [0.15, 0.2) is 0 Å². The molecule has 0 radical (unpaired) electrons. The van der Waals surface area contributed by atoms with Gasteiger partial charge in [0, 0.05) is 18.5 Å². The summed E-state index contributed by atoms with van der Waals surface area (Å²) in [6.45, 7) is 5.04. The lowest BCUT2D eigenvalue weighted by Crippen LogP contribution is -2.15. The number of rotatable bonds is 9. The van der Waals surface area contributed by atoms with Gasteiger partial charge in [-0.05, 0) is 38.2 Å². The van der Waals surface area contributed by atoms with Crippen molar-refractivity contribution < 1.29 is 0 Å². The Morgan fingerprint density at radius 3 is 2.58 bits per heavy atom. The first-order valence-corrected chi connectivity index (χ1v) is 8.19. The second kappa shape index (κ2) is 8.98. The minimum absolute atomic E-state index is 0.713. The number of nitrogens with zero attached hydrogens (tertiary/aromatic N) is 2. The van der Waals surface area contributed by atoms with E-state index in [4.69, 9.17) is 5.84 Å². The van der Waals surface area contributed by atoms with Crippen molar-refractivity contribution in [2.45, 2.75) is 39.5 Å². The molecule has 0 atom stereocenters. The van der Waals surface area contributed by atoms with Gasteiger partial charge in [-0.25, -0.2) is 15.8 Å². The van der Waals surface area contributed by atoms with Crippen LogP contribution >= 0.6 is 11.8 Å². The fourth-order valence-electron chi connectivity index (χ4n) is 1.79. The molecule has 0 aliphatic carbocycles. The third-order valence-corrected chi connectivity index (χ3v) is 3.57. The number of thioether (sulfide) groups is 1. The fraction of sp³-hybridized carbons (Fsp3) is 0.692. The van der Waals surface area contributed by atoms with E-state index < -0.39 is 0 Å². The second-order valence-electron chi connectivity index (χ2n) is 4.48. The maximum absolute atomic E-state index is 5.51. The fourth-order valence-corrected chi connectivity index (χ4v) is 2.28. The van der Waals surface area contributed by atoms with Crippen LogP contribution in [-0.4, -0.2) is 28.5 Å². The maximum Gasteiger partial charge on any atom is 0.148 e. The van der Waals surface area contributed by atoms with Gasteiger partial charge in [0.25, 0.3) is 0 Å². The minimum Gasteiger partial charge on any atom is -0.370 e. The lowest BCUT2D eigenvalue weighted by Gasteiger charge is -2.13. The number of hydrazine groups is 1. The Morgan fingerprint density at radius 2 is 1.95 bits per heavy atom. The molecule has 0 amide bonds. The predicted octanol–water partition coefficient (Wildman–Crippen LogP) is 2.58. The average Bonchev–Trinajstić information content (AvgIpc) is 2.41. The SMILES string of the molecule is CCCc1nc(NN)c(C)c(NCCCCSC)n1. The Hall–Kier alpha value is -1.01. The third-order valence-electron chi connectivity index (χ3n) is 2.87. The Bertz CT molecular complexity index is 384. The molecule has 5 nitrogen and oxygen atoms in total. The van der Waals surface area contributed by atoms with E-state index >= 15 is 0 Å². The number of nitrogens with two attached hydrogens (primary N) is 1. The summed E-state index contributed by atoms with van der Waals surface area (Å²) < 4.78 is 0. The van der Waals surface area contributed by atoms with Crippen molar-refractivity contribution in [2.75, 3.05) is 29.3 Å². The van der Waals surface area contributed by atoms with E-state index in [0.717, 1.165) is 43.0 Å². The summed E-state index contributed by atoms with van der Waals surface area (Å²) in [6, 6.07) is 0. The van der Waals surface area contributed by atoms with E-state index in [1.807, 2.05) is 18.7 Å². The zero-order chi connectivity index (χ0) is 14.1. The van der Waals surface area contributed by atoms with Crippen LogP contribution in [0, 0.1) is 6.92 Å². The van der Waals surface area contributed by atoms with Gasteiger partial charge >= 0.3 is 0 Å². The molecule has 0 aliphatic rings. The molecule has 0 saturated heterocycles. The zero-order valence-electron chi connectivity index (χ0n) is 12.1. The highest BCUT2D eigenvalue weighted by molar-refractivity contribution is 7.98. The summed E-state index contributed by atoms with van der Waals surface area (Å²) >= 11 is 1.89. The van der Waals surface area contributed by atoms with E-state index in [2.05, 4.69) is 33.9 Å². The standard InChI is InChI=1S/C13H25N5S/c1-4-7-11-16-12(10(2)13(17-11)18-14)15-8-5-6-9-19-3/h4-9,14H2,1-3H3,(H2,15,16,17,18). The van der Waals surface area contributed by atoms with Crippen molar-refractivity contribution >= 4 is 23.4 Å². The lowest BCUT2D eigenvalue weighted by atomic mass is 10.2. The zero-order valence-corrected chi connectivity index (χ0v) is 12.9. The van der Waals surface area contributed by atoms with E-state index in [1.165, 1.54) is 12.2 Å². The first kappa shape index (κ1) is 16.0. The van der Waals surface area contributed by atoms with Crippen LogP contribution in [0.25, 0.3) is 0 Å². The molecule has 0 spiro atoms. The average molecular weight is 283 g/mol. The number of nitrogen functional groups attached to an aromatic ring is 1. The molecule has 0 unspecified atom stereocenters. The second-order valence-corrected chi connectivity index (χ2v) is 5.47. The molecule has 0 aromatic carbocycles. The molecule has 0 aliphatic heterocycles. The first-order valence-electron chi connectivity index (χ1n) is 6.79. The number of hydrogen-bond donors (Lipinski definition) is 3. The van der Waals surface area contributed by atoms with Gasteiger partial charge in [0.15, 0.2) is 0 Å². The van der Waals surface area contributed by atoms with Gasteiger partial charge < -0.3 is 10.7 Å². The van der Waals surface area contributed by atoms with Crippen molar-refractivity contribution in [1.82, 2.24) is 9.97 Å². The van der Waals surface area contributed by atoms with Gasteiger partial charge in [-0.1, -0.05) is 6.92 Å². The Morgan fingerprint density at radius 1 is 1.21 bits per heavy atom. The molecule has 0 saturated carbocycles. The van der Waals surface area contributed by atoms with Crippen molar-refractivity contribution in [2.24, 2.45) is 5.84 Å². The van der Waals surface area contributed by atoms with E-state index in [0.29, 0.717) is 5.82 Å². The quantitative estimate of drug-likeness (QED) is 0.367. The van der Waals surface area contributed by atoms with Crippen LogP contribution in [0.5, 0.6) is 0 Å². The highest BCUT2D eigenvalue weighted by Crippen LogP contribution is 2.19. The van der Waals surface area contributed by atoms with Crippen molar-refractivity contribution in [3.63, 3.8) is 0 Å². The van der Waals surface area contributed by atoms with Crippen LogP contribution < -0.4 is 16.6 Å². The minimum atomic E-state index is 0.713. The monoisotopic (exact) mass is 283 g/mol. The van der Waals surface area contributed by atoms with Gasteiger partial charge in [0.2, 0.25) is 0 Å². The van der Waals surface area contributed by atoms with Gasteiger partial charge in [0.1, 0.15) is 17.5 Å². The number of aryl methyl sites for hydroxylation is 1. The number of aromatic nitrogens is 2. The highest BCUT2D eigenvalue weighted by atomic mass is 32.2. The Labute approximate surface area is 120 Å². The smallest absolute Gasteiger partial charge is 0.148 e. The molecule has 1 aromatic rings. The van der Waals surface area contributed by atoms with Crippen LogP contribution in [0.4, 0.5) is 11.6 Å². The summed E-state index contributed by atoms with van der Waals surface area (Å²) in [5, 5.41) is 3.39. The number of anilines is 2. The molecule has 0 fully saturated rings. The lowest BCUT2D eigenvalue weighted by molar-refractivity contribution is 0.814. The molecule has 19 heavy (non-hydrogen) atoms. The molecule has 1 rings (SSSR count). The molecular formula is C13H25N5S. The summed E-state index contributed by atoms with van der Waals surface area (Å²) in [6.07, 6.45) is 6.41. The van der Waals surface area contributed by atoms with Crippen LogP contribution in [0.2, 0.25) is 0 Å². The topological polar surface area (TPSA) is 75.9 Å². The van der Waals surface area contributed by atoms with Crippen molar-refractivity contribution in [3.8, 4) is 0 Å². The summed E-state index contributed by atoms with van der Waals surface area (Å²) in [5.74, 6) is 9.17. The van der Waals surface area contributed by atoms with Crippen LogP contribution in [-0.2, 0) is 6.42 Å². The van der Waals surface area contributed by atoms with Crippen molar-refractivity contribution in [3.05, 3.63) is 11.4 Å². The molecule has 6 heteroatoms. The molecule has 0 bridgehead atoms. The number of unbranched alkanes of at least 4 members (excludes halogenated alkanes) is 1. The maximum atomic E-state index is 5.51.